The molecule has 0 aliphatic heterocycles. The fourth-order valence-electron chi connectivity index (χ4n) is 3.70. The predicted molar refractivity (Wildman–Crippen MR) is 138 cm³/mol. The number of carbonyl (C=O) groups excluding carboxylic acids is 2. The lowest BCUT2D eigenvalue weighted by Gasteiger charge is -2.19. The molecular formula is C28H34N2O6. The van der Waals surface area contributed by atoms with Gasteiger partial charge in [0.15, 0.2) is 0 Å². The highest BCUT2D eigenvalue weighted by Crippen LogP contribution is 2.22. The summed E-state index contributed by atoms with van der Waals surface area (Å²) in [4.78, 5) is 36.9. The summed E-state index contributed by atoms with van der Waals surface area (Å²) in [7, 11) is 1.31. The molecule has 0 aliphatic carbocycles. The number of hydrogen-bond donors (Lipinski definition) is 1. The molecule has 0 fully saturated rings. The van der Waals surface area contributed by atoms with E-state index in [1.807, 2.05) is 69.3 Å². The van der Waals surface area contributed by atoms with Gasteiger partial charge < -0.3 is 24.1 Å². The first kappa shape index (κ1) is 26.8. The van der Waals surface area contributed by atoms with E-state index in [-0.39, 0.29) is 12.0 Å². The van der Waals surface area contributed by atoms with Gasteiger partial charge in [0.2, 0.25) is 0 Å². The molecule has 3 rings (SSSR count). The minimum absolute atomic E-state index is 0.0877. The van der Waals surface area contributed by atoms with E-state index >= 15 is 0 Å². The molecule has 0 atom stereocenters. The fourth-order valence-corrected chi connectivity index (χ4v) is 3.70. The average Bonchev–Trinajstić information content (AvgIpc) is 2.83. The average molecular weight is 495 g/mol. The molecule has 1 heterocycles. The number of nitrogens with one attached hydrogen (secondary N) is 1. The first-order valence-corrected chi connectivity index (χ1v) is 12.0. The summed E-state index contributed by atoms with van der Waals surface area (Å²) in [5.41, 5.74) is 1.32. The van der Waals surface area contributed by atoms with Crippen LogP contribution in [0.15, 0.2) is 59.4 Å². The molecule has 3 aromatic rings. The number of aromatic nitrogens is 1. The van der Waals surface area contributed by atoms with Crippen molar-refractivity contribution in [2.75, 3.05) is 20.3 Å². The van der Waals surface area contributed by atoms with E-state index in [1.54, 1.807) is 10.6 Å². The second kappa shape index (κ2) is 12.2. The first-order chi connectivity index (χ1) is 17.2. The highest BCUT2D eigenvalue weighted by molar-refractivity contribution is 5.83. The highest BCUT2D eigenvalue weighted by Gasteiger charge is 2.16. The molecule has 0 spiro atoms. The molecular weight excluding hydrogens is 460 g/mol. The van der Waals surface area contributed by atoms with E-state index in [0.29, 0.717) is 31.0 Å². The maximum absolute atomic E-state index is 13.3. The fraction of sp³-hybridized carbons (Fsp3) is 0.393. The van der Waals surface area contributed by atoms with Gasteiger partial charge in [0.1, 0.15) is 11.4 Å². The van der Waals surface area contributed by atoms with Crippen molar-refractivity contribution in [3.63, 3.8) is 0 Å². The van der Waals surface area contributed by atoms with Crippen LogP contribution in [0.5, 0.6) is 5.75 Å². The van der Waals surface area contributed by atoms with E-state index in [4.69, 9.17) is 14.2 Å². The van der Waals surface area contributed by atoms with Crippen LogP contribution in [0, 0.1) is 0 Å². The molecule has 0 bridgehead atoms. The Morgan fingerprint density at radius 1 is 1.00 bits per heavy atom. The number of alkyl carbamates (subject to hydrolysis) is 1. The van der Waals surface area contributed by atoms with E-state index in [2.05, 4.69) is 5.32 Å². The lowest BCUT2D eigenvalue weighted by Crippen LogP contribution is -2.33. The summed E-state index contributed by atoms with van der Waals surface area (Å²) in [6, 6.07) is 17.0. The maximum atomic E-state index is 13.3. The number of esters is 1. The number of pyridine rings is 1. The van der Waals surface area contributed by atoms with Crippen LogP contribution >= 0.6 is 0 Å². The maximum Gasteiger partial charge on any atom is 0.407 e. The van der Waals surface area contributed by atoms with Crippen molar-refractivity contribution in [3.8, 4) is 5.75 Å². The Balaban J connectivity index is 1.71. The summed E-state index contributed by atoms with van der Waals surface area (Å²) >= 11 is 0. The molecule has 0 aliphatic rings. The summed E-state index contributed by atoms with van der Waals surface area (Å²) < 4.78 is 17.6. The topological polar surface area (TPSA) is 95.9 Å². The molecule has 0 unspecified atom stereocenters. The first-order valence-electron chi connectivity index (χ1n) is 12.0. The van der Waals surface area contributed by atoms with Crippen LogP contribution in [0.3, 0.4) is 0 Å². The van der Waals surface area contributed by atoms with Crippen molar-refractivity contribution in [2.24, 2.45) is 0 Å². The van der Waals surface area contributed by atoms with Crippen LogP contribution in [-0.2, 0) is 27.2 Å². The van der Waals surface area contributed by atoms with Gasteiger partial charge in [0.25, 0.3) is 5.56 Å². The van der Waals surface area contributed by atoms with Crippen molar-refractivity contribution in [1.29, 1.82) is 0 Å². The molecule has 0 saturated heterocycles. The van der Waals surface area contributed by atoms with Gasteiger partial charge in [-0.15, -0.1) is 0 Å². The van der Waals surface area contributed by atoms with Crippen molar-refractivity contribution in [3.05, 3.63) is 76.1 Å². The van der Waals surface area contributed by atoms with Crippen LogP contribution in [0.2, 0.25) is 0 Å². The minimum Gasteiger partial charge on any atom is -0.494 e. The van der Waals surface area contributed by atoms with Gasteiger partial charge in [-0.1, -0.05) is 30.3 Å². The molecule has 8 nitrogen and oxygen atoms in total. The van der Waals surface area contributed by atoms with E-state index in [9.17, 15) is 14.4 Å². The molecule has 0 radical (unpaired) electrons. The number of hydrogen-bond acceptors (Lipinski definition) is 6. The Labute approximate surface area is 211 Å². The number of benzene rings is 2. The van der Waals surface area contributed by atoms with Crippen molar-refractivity contribution < 1.29 is 23.8 Å². The molecule has 8 heteroatoms. The molecule has 1 amide bonds. The number of amides is 1. The number of nitrogens with zero attached hydrogens (tertiary/aromatic N) is 1. The number of methoxy groups -OCH3 is 1. The molecule has 2 aromatic carbocycles. The Morgan fingerprint density at radius 2 is 1.75 bits per heavy atom. The molecule has 36 heavy (non-hydrogen) atoms. The summed E-state index contributed by atoms with van der Waals surface area (Å²) in [6.07, 6.45) is 0.960. The monoisotopic (exact) mass is 494 g/mol. The highest BCUT2D eigenvalue weighted by atomic mass is 16.6. The van der Waals surface area contributed by atoms with Gasteiger partial charge in [-0.3, -0.25) is 9.59 Å². The van der Waals surface area contributed by atoms with Crippen LogP contribution < -0.4 is 15.6 Å². The largest absolute Gasteiger partial charge is 0.494 e. The SMILES string of the molecule is COC(=O)Cc1cc2ccc(OCCCCNC(=O)OC(C)(C)C)cc2n(Cc2ccccc2)c1=O. The third-order valence-corrected chi connectivity index (χ3v) is 5.40. The summed E-state index contributed by atoms with van der Waals surface area (Å²) in [5.74, 6) is 0.184. The van der Waals surface area contributed by atoms with Gasteiger partial charge in [-0.2, -0.15) is 0 Å². The second-order valence-electron chi connectivity index (χ2n) is 9.50. The standard InChI is InChI=1S/C28H34N2O6/c1-28(2,3)36-27(33)29-14-8-9-15-35-23-13-12-21-16-22(17-25(31)34-4)26(32)30(24(21)18-23)19-20-10-6-5-7-11-20/h5-7,10-13,16,18H,8-9,14-15,17,19H2,1-4H3,(H,29,33). The zero-order valence-electron chi connectivity index (χ0n) is 21.3. The smallest absolute Gasteiger partial charge is 0.407 e. The number of carbonyl (C=O) groups is 2. The van der Waals surface area contributed by atoms with Gasteiger partial charge in [-0.05, 0) is 62.8 Å². The Kier molecular flexibility index (Phi) is 9.11. The van der Waals surface area contributed by atoms with E-state index in [1.165, 1.54) is 7.11 Å². The third kappa shape index (κ3) is 7.86. The van der Waals surface area contributed by atoms with Gasteiger partial charge in [0.05, 0.1) is 32.2 Å². The summed E-state index contributed by atoms with van der Waals surface area (Å²) in [5, 5.41) is 3.57. The van der Waals surface area contributed by atoms with E-state index < -0.39 is 17.7 Å². The van der Waals surface area contributed by atoms with E-state index in [0.717, 1.165) is 29.3 Å². The molecule has 0 saturated carbocycles. The summed E-state index contributed by atoms with van der Waals surface area (Å²) in [6.45, 7) is 6.79. The predicted octanol–water partition coefficient (Wildman–Crippen LogP) is 4.45. The lowest BCUT2D eigenvalue weighted by atomic mass is 10.1. The number of rotatable bonds is 10. The van der Waals surface area contributed by atoms with Gasteiger partial charge in [-0.25, -0.2) is 4.79 Å². The van der Waals surface area contributed by atoms with Gasteiger partial charge in [0, 0.05) is 18.2 Å². The van der Waals surface area contributed by atoms with Crippen molar-refractivity contribution in [1.82, 2.24) is 9.88 Å². The number of unbranched alkanes of at least 4 members (excludes halogenated alkanes) is 1. The lowest BCUT2D eigenvalue weighted by molar-refractivity contribution is -0.139. The van der Waals surface area contributed by atoms with Crippen LogP contribution in [0.1, 0.15) is 44.7 Å². The third-order valence-electron chi connectivity index (χ3n) is 5.40. The van der Waals surface area contributed by atoms with Crippen molar-refractivity contribution >= 4 is 23.0 Å². The molecule has 192 valence electrons. The Bertz CT molecular complexity index is 1240. The zero-order chi connectivity index (χ0) is 26.1. The number of fused-ring (bicyclic) bond motifs is 1. The Morgan fingerprint density at radius 3 is 2.44 bits per heavy atom. The van der Waals surface area contributed by atoms with Crippen molar-refractivity contribution in [2.45, 2.75) is 52.2 Å². The quantitative estimate of drug-likeness (QED) is 0.331. The normalized spacial score (nSPS) is 11.2. The molecule has 1 aromatic heterocycles. The van der Waals surface area contributed by atoms with Crippen LogP contribution in [-0.4, -0.2) is 42.5 Å². The minimum atomic E-state index is -0.523. The second-order valence-corrected chi connectivity index (χ2v) is 9.50. The number of ether oxygens (including phenoxy) is 3. The Hall–Kier alpha value is -3.81. The zero-order valence-corrected chi connectivity index (χ0v) is 21.3. The molecule has 1 N–H and O–H groups in total. The van der Waals surface area contributed by atoms with Crippen LogP contribution in [0.25, 0.3) is 10.9 Å². The van der Waals surface area contributed by atoms with Gasteiger partial charge >= 0.3 is 12.1 Å². The van der Waals surface area contributed by atoms with Crippen LogP contribution in [0.4, 0.5) is 4.79 Å².